The fourth-order valence-corrected chi connectivity index (χ4v) is 0.565. The molecular formula is C4H7NOY. The zero-order valence-electron chi connectivity index (χ0n) is 4.11. The van der Waals surface area contributed by atoms with Crippen LogP contribution in [0.3, 0.4) is 0 Å². The molecule has 0 aliphatic carbocycles. The van der Waals surface area contributed by atoms with Crippen LogP contribution in [0.15, 0.2) is 0 Å². The van der Waals surface area contributed by atoms with Gasteiger partial charge in [0.1, 0.15) is 0 Å². The van der Waals surface area contributed by atoms with Gasteiger partial charge in [0.2, 0.25) is 5.91 Å². The molecular weight excluding hydrogens is 167 g/mol. The molecule has 0 aromatic carbocycles. The van der Waals surface area contributed by atoms with E-state index in [-0.39, 0.29) is 38.6 Å². The Morgan fingerprint density at radius 3 is 2.43 bits per heavy atom. The van der Waals surface area contributed by atoms with Crippen LogP contribution in [0.1, 0.15) is 12.8 Å². The molecule has 1 aliphatic rings. The van der Waals surface area contributed by atoms with E-state index in [4.69, 9.17) is 0 Å². The van der Waals surface area contributed by atoms with E-state index in [1.807, 2.05) is 0 Å². The second kappa shape index (κ2) is 3.56. The standard InChI is InChI=1S/C4H7NO.Y/c6-4-2-1-3-5-4;/h1-3H2,(H,5,6);. The van der Waals surface area contributed by atoms with Gasteiger partial charge >= 0.3 is 0 Å². The quantitative estimate of drug-likeness (QED) is 0.545. The van der Waals surface area contributed by atoms with Crippen molar-refractivity contribution in [3.63, 3.8) is 0 Å². The van der Waals surface area contributed by atoms with Crippen molar-refractivity contribution in [2.75, 3.05) is 6.54 Å². The summed E-state index contributed by atoms with van der Waals surface area (Å²) in [6.45, 7) is 0.888. The monoisotopic (exact) mass is 174 g/mol. The topological polar surface area (TPSA) is 29.1 Å². The Morgan fingerprint density at radius 1 is 1.57 bits per heavy atom. The number of carbonyl (C=O) groups excluding carboxylic acids is 1. The van der Waals surface area contributed by atoms with E-state index >= 15 is 0 Å². The maximum Gasteiger partial charge on any atom is 0.220 e. The van der Waals surface area contributed by atoms with Gasteiger partial charge in [0.05, 0.1) is 0 Å². The Bertz CT molecular complexity index is 66.1. The third-order valence-electron chi connectivity index (χ3n) is 0.903. The molecule has 0 unspecified atom stereocenters. The van der Waals surface area contributed by atoms with E-state index in [0.717, 1.165) is 19.4 Å². The van der Waals surface area contributed by atoms with E-state index in [0.29, 0.717) is 0 Å². The number of carbonyl (C=O) groups is 1. The Morgan fingerprint density at radius 2 is 2.29 bits per heavy atom. The molecule has 0 atom stereocenters. The van der Waals surface area contributed by atoms with Gasteiger partial charge in [-0.3, -0.25) is 4.79 Å². The van der Waals surface area contributed by atoms with Crippen LogP contribution >= 0.6 is 0 Å². The van der Waals surface area contributed by atoms with E-state index < -0.39 is 0 Å². The molecule has 3 heteroatoms. The van der Waals surface area contributed by atoms with Gasteiger partial charge in [-0.1, -0.05) is 0 Å². The molecule has 1 heterocycles. The summed E-state index contributed by atoms with van der Waals surface area (Å²) < 4.78 is 0. The van der Waals surface area contributed by atoms with Gasteiger partial charge in [0.25, 0.3) is 0 Å². The first kappa shape index (κ1) is 7.57. The van der Waals surface area contributed by atoms with Crippen LogP contribution in [0.5, 0.6) is 0 Å². The SMILES string of the molecule is O=C1CCCN1.[Y]. The summed E-state index contributed by atoms with van der Waals surface area (Å²) in [5, 5.41) is 2.68. The van der Waals surface area contributed by atoms with Crippen molar-refractivity contribution in [2.45, 2.75) is 12.8 Å². The molecule has 0 saturated carbocycles. The summed E-state index contributed by atoms with van der Waals surface area (Å²) in [5.74, 6) is 0.204. The molecule has 2 nitrogen and oxygen atoms in total. The van der Waals surface area contributed by atoms with Crippen LogP contribution in [0.4, 0.5) is 0 Å². The average molecular weight is 174 g/mol. The normalized spacial score (nSPS) is 18.0. The minimum absolute atomic E-state index is 0. The number of rotatable bonds is 0. The minimum Gasteiger partial charge on any atom is -0.356 e. The zero-order valence-corrected chi connectivity index (χ0v) is 6.95. The van der Waals surface area contributed by atoms with Crippen molar-refractivity contribution >= 4 is 5.91 Å². The smallest absolute Gasteiger partial charge is 0.220 e. The van der Waals surface area contributed by atoms with Gasteiger partial charge in [-0.05, 0) is 6.42 Å². The number of nitrogens with one attached hydrogen (secondary N) is 1. The second-order valence-corrected chi connectivity index (χ2v) is 1.45. The average Bonchev–Trinajstić information content (AvgIpc) is 1.86. The predicted octanol–water partition coefficient (Wildman–Crippen LogP) is -0.106. The molecule has 1 rings (SSSR count). The molecule has 37 valence electrons. The van der Waals surface area contributed by atoms with E-state index in [1.165, 1.54) is 0 Å². The molecule has 1 amide bonds. The molecule has 0 spiro atoms. The molecule has 0 bridgehead atoms. The van der Waals surface area contributed by atoms with Crippen LogP contribution < -0.4 is 5.32 Å². The van der Waals surface area contributed by atoms with Gasteiger partial charge in [-0.2, -0.15) is 0 Å². The van der Waals surface area contributed by atoms with Crippen LogP contribution in [0, 0.1) is 0 Å². The molecule has 7 heavy (non-hydrogen) atoms. The Kier molecular flexibility index (Phi) is 3.85. The summed E-state index contributed by atoms with van der Waals surface area (Å²) >= 11 is 0. The van der Waals surface area contributed by atoms with Crippen molar-refractivity contribution in [3.05, 3.63) is 0 Å². The van der Waals surface area contributed by atoms with Gasteiger partial charge in [-0.15, -0.1) is 0 Å². The van der Waals surface area contributed by atoms with Crippen molar-refractivity contribution < 1.29 is 37.5 Å². The third kappa shape index (κ3) is 2.40. The molecule has 0 aromatic rings. The predicted molar refractivity (Wildman–Crippen MR) is 22.2 cm³/mol. The Balaban J connectivity index is 0.000000360. The van der Waals surface area contributed by atoms with Gasteiger partial charge in [0.15, 0.2) is 0 Å². The molecule has 1 N–H and O–H groups in total. The van der Waals surface area contributed by atoms with Crippen LogP contribution in [-0.2, 0) is 37.5 Å². The molecule has 1 fully saturated rings. The van der Waals surface area contributed by atoms with E-state index in [9.17, 15) is 4.79 Å². The Labute approximate surface area is 67.9 Å². The van der Waals surface area contributed by atoms with Crippen LogP contribution in [0.2, 0.25) is 0 Å². The van der Waals surface area contributed by atoms with Crippen molar-refractivity contribution in [3.8, 4) is 0 Å². The molecule has 1 radical (unpaired) electrons. The summed E-state index contributed by atoms with van der Waals surface area (Å²) in [6, 6.07) is 0. The zero-order chi connectivity index (χ0) is 4.41. The first-order valence-electron chi connectivity index (χ1n) is 2.16. The van der Waals surface area contributed by atoms with Gasteiger partial charge in [-0.25, -0.2) is 0 Å². The number of amides is 1. The first-order chi connectivity index (χ1) is 2.89. The number of hydrogen-bond donors (Lipinski definition) is 1. The second-order valence-electron chi connectivity index (χ2n) is 1.45. The van der Waals surface area contributed by atoms with Crippen molar-refractivity contribution in [1.29, 1.82) is 0 Å². The summed E-state index contributed by atoms with van der Waals surface area (Å²) in [7, 11) is 0. The maximum atomic E-state index is 10.1. The van der Waals surface area contributed by atoms with Gasteiger partial charge < -0.3 is 5.32 Å². The molecule has 1 aliphatic heterocycles. The Hall–Kier alpha value is 0.574. The van der Waals surface area contributed by atoms with E-state index in [2.05, 4.69) is 5.32 Å². The maximum absolute atomic E-state index is 10.1. The first-order valence-corrected chi connectivity index (χ1v) is 2.16. The van der Waals surface area contributed by atoms with Crippen molar-refractivity contribution in [2.24, 2.45) is 0 Å². The summed E-state index contributed by atoms with van der Waals surface area (Å²) in [4.78, 5) is 10.1. The number of hydrogen-bond acceptors (Lipinski definition) is 1. The van der Waals surface area contributed by atoms with Gasteiger partial charge in [0, 0.05) is 45.7 Å². The minimum atomic E-state index is 0. The fraction of sp³-hybridized carbons (Fsp3) is 0.750. The summed E-state index contributed by atoms with van der Waals surface area (Å²) in [6.07, 6.45) is 1.76. The fourth-order valence-electron chi connectivity index (χ4n) is 0.565. The largest absolute Gasteiger partial charge is 0.356 e. The molecule has 1 saturated heterocycles. The van der Waals surface area contributed by atoms with E-state index in [1.54, 1.807) is 0 Å². The third-order valence-corrected chi connectivity index (χ3v) is 0.903. The van der Waals surface area contributed by atoms with Crippen LogP contribution in [-0.4, -0.2) is 12.5 Å². The summed E-state index contributed by atoms with van der Waals surface area (Å²) in [5.41, 5.74) is 0. The molecule has 0 aromatic heterocycles. The van der Waals surface area contributed by atoms with Crippen LogP contribution in [0.25, 0.3) is 0 Å². The van der Waals surface area contributed by atoms with Crippen molar-refractivity contribution in [1.82, 2.24) is 5.32 Å².